The Morgan fingerprint density at radius 2 is 1.63 bits per heavy atom. The molecule has 0 saturated heterocycles. The third-order valence-corrected chi connectivity index (χ3v) is 7.54. The Morgan fingerprint density at radius 3 is 2.43 bits per heavy atom. The molecule has 2 aliphatic carbocycles. The fraction of sp³-hybridized carbons (Fsp3) is 0.250. The zero-order valence-corrected chi connectivity index (χ0v) is 20.6. The van der Waals surface area contributed by atoms with Crippen molar-refractivity contribution in [2.75, 3.05) is 12.4 Å². The molecule has 0 amide bonds. The fourth-order valence-corrected chi connectivity index (χ4v) is 5.80. The molecule has 1 aliphatic heterocycles. The third kappa shape index (κ3) is 4.81. The number of fused-ring (bicyclic) bond motifs is 5. The first-order valence-electron chi connectivity index (χ1n) is 12.6. The van der Waals surface area contributed by atoms with E-state index in [2.05, 4.69) is 47.9 Å². The van der Waals surface area contributed by atoms with Gasteiger partial charge in [0.1, 0.15) is 5.82 Å². The fourth-order valence-electron chi connectivity index (χ4n) is 5.80. The Hall–Kier alpha value is -3.59. The highest BCUT2D eigenvalue weighted by Gasteiger charge is 2.27. The number of aryl methyl sites for hydroxylation is 1. The summed E-state index contributed by atoms with van der Waals surface area (Å²) in [5.41, 5.74) is 12.4. The molecular formula is C32H33FN2. The number of hydrogen-bond acceptors (Lipinski definition) is 2. The van der Waals surface area contributed by atoms with Crippen LogP contribution in [-0.4, -0.2) is 7.05 Å². The lowest BCUT2D eigenvalue weighted by Crippen LogP contribution is -2.18. The van der Waals surface area contributed by atoms with E-state index in [0.717, 1.165) is 31.2 Å². The second-order valence-electron chi connectivity index (χ2n) is 9.51. The first-order chi connectivity index (χ1) is 17.2. The zero-order valence-electron chi connectivity index (χ0n) is 20.6. The van der Waals surface area contributed by atoms with Crippen LogP contribution in [0.1, 0.15) is 45.7 Å². The van der Waals surface area contributed by atoms with Crippen molar-refractivity contribution >= 4 is 5.69 Å². The van der Waals surface area contributed by atoms with Gasteiger partial charge < -0.3 is 10.6 Å². The molecule has 2 nitrogen and oxygen atoms in total. The summed E-state index contributed by atoms with van der Waals surface area (Å²) in [7, 11) is 2.00. The maximum absolute atomic E-state index is 13.6. The van der Waals surface area contributed by atoms with Gasteiger partial charge in [0, 0.05) is 25.1 Å². The topological polar surface area (TPSA) is 24.1 Å². The van der Waals surface area contributed by atoms with Crippen LogP contribution >= 0.6 is 0 Å². The van der Waals surface area contributed by atoms with Gasteiger partial charge in [-0.15, -0.1) is 0 Å². The van der Waals surface area contributed by atoms with Crippen LogP contribution in [-0.2, 0) is 25.7 Å². The molecule has 1 unspecified atom stereocenters. The predicted octanol–water partition coefficient (Wildman–Crippen LogP) is 7.39. The number of halogens is 1. The van der Waals surface area contributed by atoms with E-state index < -0.39 is 0 Å². The van der Waals surface area contributed by atoms with Gasteiger partial charge in [0.05, 0.1) is 0 Å². The number of benzene rings is 3. The van der Waals surface area contributed by atoms with Gasteiger partial charge in [-0.2, -0.15) is 0 Å². The maximum atomic E-state index is 13.6. The van der Waals surface area contributed by atoms with E-state index in [1.165, 1.54) is 45.5 Å². The first-order valence-corrected chi connectivity index (χ1v) is 12.6. The molecule has 1 heterocycles. The Labute approximate surface area is 208 Å². The number of anilines is 1. The van der Waals surface area contributed by atoms with E-state index in [4.69, 9.17) is 0 Å². The molecule has 0 saturated carbocycles. The Balaban J connectivity index is 0.000000313. The summed E-state index contributed by atoms with van der Waals surface area (Å²) >= 11 is 0. The van der Waals surface area contributed by atoms with Crippen molar-refractivity contribution in [3.05, 3.63) is 124 Å². The van der Waals surface area contributed by atoms with Crippen LogP contribution in [0.2, 0.25) is 0 Å². The van der Waals surface area contributed by atoms with Crippen molar-refractivity contribution in [2.24, 2.45) is 0 Å². The van der Waals surface area contributed by atoms with E-state index in [-0.39, 0.29) is 5.82 Å². The quantitative estimate of drug-likeness (QED) is 0.413. The Bertz CT molecular complexity index is 1300. The number of rotatable bonds is 2. The maximum Gasteiger partial charge on any atom is 0.123 e. The summed E-state index contributed by atoms with van der Waals surface area (Å²) in [4.78, 5) is 0. The van der Waals surface area contributed by atoms with E-state index in [0.29, 0.717) is 5.92 Å². The van der Waals surface area contributed by atoms with Crippen LogP contribution in [0.5, 0.6) is 0 Å². The molecule has 178 valence electrons. The molecule has 3 aromatic carbocycles. The molecule has 0 spiro atoms. The summed E-state index contributed by atoms with van der Waals surface area (Å²) in [6, 6.07) is 16.5. The summed E-state index contributed by atoms with van der Waals surface area (Å²) in [5, 5.41) is 6.25. The zero-order chi connectivity index (χ0) is 24.2. The highest BCUT2D eigenvalue weighted by Crippen LogP contribution is 2.42. The average Bonchev–Trinajstić information content (AvgIpc) is 3.21. The van der Waals surface area contributed by atoms with Crippen LogP contribution in [0, 0.1) is 12.7 Å². The molecule has 3 heteroatoms. The van der Waals surface area contributed by atoms with Crippen molar-refractivity contribution in [1.29, 1.82) is 0 Å². The predicted molar refractivity (Wildman–Crippen MR) is 145 cm³/mol. The van der Waals surface area contributed by atoms with E-state index in [1.54, 1.807) is 17.7 Å². The van der Waals surface area contributed by atoms with Crippen LogP contribution in [0.4, 0.5) is 10.1 Å². The second kappa shape index (κ2) is 10.4. The smallest absolute Gasteiger partial charge is 0.123 e. The van der Waals surface area contributed by atoms with Gasteiger partial charge >= 0.3 is 0 Å². The van der Waals surface area contributed by atoms with Crippen molar-refractivity contribution in [1.82, 2.24) is 5.32 Å². The number of nitrogens with one attached hydrogen (secondary N) is 2. The minimum atomic E-state index is -0.123. The largest absolute Gasteiger partial charge is 0.388 e. The molecule has 6 rings (SSSR count). The standard InChI is InChI=1S/C26H26FN.C6H7N/c1-16-21(4-3-5-26(16)28-2)17-6-10-22-18(14-17)7-11-25-23-13-9-20(27)15-19(23)8-12-24(22)25;1-2-4-6-7-5-3-1/h3-5,7,9,11,13,15,17,28H,6,8,10,12,14H2,1-2H3;1-7H. The Kier molecular flexibility index (Phi) is 6.85. The molecular weight excluding hydrogens is 431 g/mol. The highest BCUT2D eigenvalue weighted by molar-refractivity contribution is 5.75. The van der Waals surface area contributed by atoms with Gasteiger partial charge in [0.25, 0.3) is 0 Å². The lowest BCUT2D eigenvalue weighted by molar-refractivity contribution is 0.578. The summed E-state index contributed by atoms with van der Waals surface area (Å²) in [6.45, 7) is 2.24. The van der Waals surface area contributed by atoms with Gasteiger partial charge in [0.15, 0.2) is 0 Å². The van der Waals surface area contributed by atoms with Crippen LogP contribution in [0.15, 0.2) is 85.2 Å². The van der Waals surface area contributed by atoms with Gasteiger partial charge in [-0.3, -0.25) is 0 Å². The van der Waals surface area contributed by atoms with Crippen molar-refractivity contribution < 1.29 is 4.39 Å². The molecule has 0 aromatic heterocycles. The summed E-state index contributed by atoms with van der Waals surface area (Å²) < 4.78 is 13.6. The van der Waals surface area contributed by atoms with Crippen molar-refractivity contribution in [2.45, 2.75) is 44.9 Å². The summed E-state index contributed by atoms with van der Waals surface area (Å²) in [6.07, 6.45) is 17.0. The molecule has 0 radical (unpaired) electrons. The van der Waals surface area contributed by atoms with Gasteiger partial charge in [0.2, 0.25) is 0 Å². The lowest BCUT2D eigenvalue weighted by Gasteiger charge is -2.31. The second-order valence-corrected chi connectivity index (χ2v) is 9.51. The monoisotopic (exact) mass is 464 g/mol. The molecule has 1 atom stereocenters. The third-order valence-electron chi connectivity index (χ3n) is 7.54. The first kappa shape index (κ1) is 23.2. The molecule has 0 bridgehead atoms. The lowest BCUT2D eigenvalue weighted by atomic mass is 9.73. The minimum absolute atomic E-state index is 0.123. The van der Waals surface area contributed by atoms with E-state index in [9.17, 15) is 4.39 Å². The van der Waals surface area contributed by atoms with Crippen LogP contribution < -0.4 is 10.6 Å². The van der Waals surface area contributed by atoms with Crippen molar-refractivity contribution in [3.63, 3.8) is 0 Å². The Morgan fingerprint density at radius 1 is 0.829 bits per heavy atom. The summed E-state index contributed by atoms with van der Waals surface area (Å²) in [5.74, 6) is 0.464. The van der Waals surface area contributed by atoms with E-state index in [1.807, 2.05) is 49.8 Å². The SMILES string of the molecule is C1=CC=CNC=C1.CNc1cccc(C2CCc3c(ccc4c3CCc3cc(F)ccc3-4)C2)c1C. The van der Waals surface area contributed by atoms with Gasteiger partial charge in [-0.1, -0.05) is 42.5 Å². The van der Waals surface area contributed by atoms with Gasteiger partial charge in [-0.05, 0) is 120 Å². The molecule has 3 aromatic rings. The molecule has 2 N–H and O–H groups in total. The molecule has 0 fully saturated rings. The van der Waals surface area contributed by atoms with Crippen molar-refractivity contribution in [3.8, 4) is 11.1 Å². The number of allylic oxidation sites excluding steroid dienone is 4. The van der Waals surface area contributed by atoms with Crippen LogP contribution in [0.3, 0.4) is 0 Å². The molecule has 3 aliphatic rings. The number of hydrogen-bond donors (Lipinski definition) is 2. The van der Waals surface area contributed by atoms with Crippen LogP contribution in [0.25, 0.3) is 11.1 Å². The minimum Gasteiger partial charge on any atom is -0.388 e. The normalized spacial score (nSPS) is 17.2. The molecule has 35 heavy (non-hydrogen) atoms. The highest BCUT2D eigenvalue weighted by atomic mass is 19.1. The average molecular weight is 465 g/mol. The van der Waals surface area contributed by atoms with Gasteiger partial charge in [-0.25, -0.2) is 4.39 Å². The van der Waals surface area contributed by atoms with E-state index >= 15 is 0 Å².